The average Bonchev–Trinajstić information content (AvgIpc) is 2.74. The molecule has 0 aromatic heterocycles. The number of aryl methyl sites for hydroxylation is 1. The van der Waals surface area contributed by atoms with Gasteiger partial charge in [-0.3, -0.25) is 9.59 Å². The predicted molar refractivity (Wildman–Crippen MR) is 125 cm³/mol. The Morgan fingerprint density at radius 1 is 1.03 bits per heavy atom. The van der Waals surface area contributed by atoms with E-state index >= 15 is 0 Å². The SMILES string of the molecule is Cc1cc(C(=O)N2CCCCC2C)ccc1NC(=O)c1ccc(S(=O)(=O)NC(C)C)cc1. The average molecular weight is 458 g/mol. The van der Waals surface area contributed by atoms with Crippen LogP contribution in [-0.2, 0) is 10.0 Å². The van der Waals surface area contributed by atoms with E-state index in [4.69, 9.17) is 0 Å². The molecule has 1 unspecified atom stereocenters. The molecule has 3 rings (SSSR count). The van der Waals surface area contributed by atoms with Crippen molar-refractivity contribution >= 4 is 27.5 Å². The summed E-state index contributed by atoms with van der Waals surface area (Å²) in [6.45, 7) is 8.18. The minimum Gasteiger partial charge on any atom is -0.336 e. The first-order valence-corrected chi connectivity index (χ1v) is 12.4. The Bertz CT molecular complexity index is 1090. The molecule has 172 valence electrons. The van der Waals surface area contributed by atoms with E-state index in [-0.39, 0.29) is 28.8 Å². The molecular weight excluding hydrogens is 426 g/mol. The summed E-state index contributed by atoms with van der Waals surface area (Å²) in [5, 5.41) is 2.84. The fourth-order valence-electron chi connectivity index (χ4n) is 3.86. The van der Waals surface area contributed by atoms with Crippen LogP contribution in [0.15, 0.2) is 47.4 Å². The van der Waals surface area contributed by atoms with Crippen LogP contribution in [0.3, 0.4) is 0 Å². The van der Waals surface area contributed by atoms with Gasteiger partial charge in [0.1, 0.15) is 0 Å². The Morgan fingerprint density at radius 2 is 1.69 bits per heavy atom. The van der Waals surface area contributed by atoms with Crippen molar-refractivity contribution < 1.29 is 18.0 Å². The first-order valence-electron chi connectivity index (χ1n) is 10.9. The zero-order chi connectivity index (χ0) is 23.5. The Kier molecular flexibility index (Phi) is 7.36. The molecule has 0 bridgehead atoms. The maximum atomic E-state index is 12.9. The molecule has 1 atom stereocenters. The minimum absolute atomic E-state index is 0.0185. The van der Waals surface area contributed by atoms with Crippen molar-refractivity contribution in [1.29, 1.82) is 0 Å². The molecule has 0 aliphatic carbocycles. The maximum Gasteiger partial charge on any atom is 0.255 e. The molecule has 0 radical (unpaired) electrons. The van der Waals surface area contributed by atoms with Crippen LogP contribution < -0.4 is 10.0 Å². The third-order valence-electron chi connectivity index (χ3n) is 5.60. The van der Waals surface area contributed by atoms with E-state index in [9.17, 15) is 18.0 Å². The molecule has 0 spiro atoms. The molecule has 1 fully saturated rings. The van der Waals surface area contributed by atoms with Gasteiger partial charge in [0.2, 0.25) is 10.0 Å². The smallest absolute Gasteiger partial charge is 0.255 e. The van der Waals surface area contributed by atoms with Crippen LogP contribution in [0, 0.1) is 6.92 Å². The number of carbonyl (C=O) groups is 2. The highest BCUT2D eigenvalue weighted by molar-refractivity contribution is 7.89. The molecule has 0 saturated carbocycles. The second kappa shape index (κ2) is 9.83. The van der Waals surface area contributed by atoms with E-state index < -0.39 is 10.0 Å². The van der Waals surface area contributed by atoms with Gasteiger partial charge in [-0.1, -0.05) is 0 Å². The van der Waals surface area contributed by atoms with Gasteiger partial charge >= 0.3 is 0 Å². The molecular formula is C24H31N3O4S. The summed E-state index contributed by atoms with van der Waals surface area (Å²) >= 11 is 0. The fourth-order valence-corrected chi connectivity index (χ4v) is 5.11. The van der Waals surface area contributed by atoms with Gasteiger partial charge in [-0.15, -0.1) is 0 Å². The van der Waals surface area contributed by atoms with E-state index in [2.05, 4.69) is 17.0 Å². The Balaban J connectivity index is 1.71. The number of likely N-dealkylation sites (tertiary alicyclic amines) is 1. The van der Waals surface area contributed by atoms with Crippen molar-refractivity contribution in [3.05, 3.63) is 59.2 Å². The first kappa shape index (κ1) is 23.9. The number of piperidine rings is 1. The number of benzene rings is 2. The monoisotopic (exact) mass is 457 g/mol. The quantitative estimate of drug-likeness (QED) is 0.687. The second-order valence-electron chi connectivity index (χ2n) is 8.63. The van der Waals surface area contributed by atoms with Crippen molar-refractivity contribution in [2.24, 2.45) is 0 Å². The van der Waals surface area contributed by atoms with Gasteiger partial charge in [0.05, 0.1) is 4.90 Å². The predicted octanol–water partition coefficient (Wildman–Crippen LogP) is 3.95. The van der Waals surface area contributed by atoms with Crippen LogP contribution in [-0.4, -0.2) is 43.8 Å². The number of sulfonamides is 1. The lowest BCUT2D eigenvalue weighted by Crippen LogP contribution is -2.42. The van der Waals surface area contributed by atoms with Gasteiger partial charge in [0.15, 0.2) is 0 Å². The fraction of sp³-hybridized carbons (Fsp3) is 0.417. The zero-order valence-corrected chi connectivity index (χ0v) is 19.8. The van der Waals surface area contributed by atoms with Crippen molar-refractivity contribution in [2.75, 3.05) is 11.9 Å². The Labute approximate surface area is 190 Å². The van der Waals surface area contributed by atoms with E-state index in [1.807, 2.05) is 11.8 Å². The number of carbonyl (C=O) groups excluding carboxylic acids is 2. The van der Waals surface area contributed by atoms with Crippen LogP contribution in [0.5, 0.6) is 0 Å². The number of amides is 2. The molecule has 1 heterocycles. The van der Waals surface area contributed by atoms with Crippen molar-refractivity contribution in [3.8, 4) is 0 Å². The number of hydrogen-bond acceptors (Lipinski definition) is 4. The van der Waals surface area contributed by atoms with Gasteiger partial charge in [-0.05, 0) is 95.0 Å². The molecule has 32 heavy (non-hydrogen) atoms. The van der Waals surface area contributed by atoms with Gasteiger partial charge < -0.3 is 10.2 Å². The lowest BCUT2D eigenvalue weighted by Gasteiger charge is -2.33. The van der Waals surface area contributed by atoms with Gasteiger partial charge in [-0.2, -0.15) is 0 Å². The lowest BCUT2D eigenvalue weighted by molar-refractivity contribution is 0.0635. The summed E-state index contributed by atoms with van der Waals surface area (Å²) in [5.74, 6) is -0.331. The molecule has 2 aromatic carbocycles. The van der Waals surface area contributed by atoms with Gasteiger partial charge in [0, 0.05) is 35.4 Å². The maximum absolute atomic E-state index is 12.9. The van der Waals surface area contributed by atoms with Crippen LogP contribution in [0.4, 0.5) is 5.69 Å². The number of nitrogens with one attached hydrogen (secondary N) is 2. The molecule has 1 aliphatic heterocycles. The Hall–Kier alpha value is -2.71. The van der Waals surface area contributed by atoms with Crippen molar-refractivity contribution in [3.63, 3.8) is 0 Å². The number of hydrogen-bond donors (Lipinski definition) is 2. The largest absolute Gasteiger partial charge is 0.336 e. The normalized spacial score (nSPS) is 16.8. The number of anilines is 1. The summed E-state index contributed by atoms with van der Waals surface area (Å²) < 4.78 is 27.0. The molecule has 2 amide bonds. The highest BCUT2D eigenvalue weighted by Crippen LogP contribution is 2.23. The summed E-state index contributed by atoms with van der Waals surface area (Å²) in [4.78, 5) is 27.6. The standard InChI is InChI=1S/C24H31N3O4S/c1-16(2)26-32(30,31)21-11-8-19(9-12-21)23(28)25-22-13-10-20(15-17(22)3)24(29)27-14-6-5-7-18(27)4/h8-13,15-16,18,26H,5-7,14H2,1-4H3,(H,25,28). The molecule has 7 nitrogen and oxygen atoms in total. The minimum atomic E-state index is -3.61. The zero-order valence-electron chi connectivity index (χ0n) is 19.0. The van der Waals surface area contributed by atoms with Crippen LogP contribution in [0.25, 0.3) is 0 Å². The summed E-state index contributed by atoms with van der Waals surface area (Å²) in [6, 6.07) is 11.1. The van der Waals surface area contributed by atoms with E-state index in [1.165, 1.54) is 24.3 Å². The van der Waals surface area contributed by atoms with Gasteiger partial charge in [-0.25, -0.2) is 13.1 Å². The Morgan fingerprint density at radius 3 is 2.28 bits per heavy atom. The van der Waals surface area contributed by atoms with E-state index in [0.29, 0.717) is 16.8 Å². The third-order valence-corrected chi connectivity index (χ3v) is 7.28. The van der Waals surface area contributed by atoms with Crippen LogP contribution in [0.1, 0.15) is 66.3 Å². The first-order chi connectivity index (χ1) is 15.1. The molecule has 1 saturated heterocycles. The van der Waals surface area contributed by atoms with Crippen molar-refractivity contribution in [1.82, 2.24) is 9.62 Å². The topological polar surface area (TPSA) is 95.6 Å². The van der Waals surface area contributed by atoms with E-state index in [1.54, 1.807) is 32.0 Å². The van der Waals surface area contributed by atoms with E-state index in [0.717, 1.165) is 31.4 Å². The molecule has 2 aromatic rings. The molecule has 1 aliphatic rings. The van der Waals surface area contributed by atoms with Crippen LogP contribution in [0.2, 0.25) is 0 Å². The highest BCUT2D eigenvalue weighted by atomic mass is 32.2. The second-order valence-corrected chi connectivity index (χ2v) is 10.3. The number of nitrogens with zero attached hydrogens (tertiary/aromatic N) is 1. The van der Waals surface area contributed by atoms with Crippen LogP contribution >= 0.6 is 0 Å². The summed E-state index contributed by atoms with van der Waals surface area (Å²) in [7, 11) is -3.61. The lowest BCUT2D eigenvalue weighted by atomic mass is 10.0. The van der Waals surface area contributed by atoms with Crippen molar-refractivity contribution in [2.45, 2.75) is 63.9 Å². The molecule has 2 N–H and O–H groups in total. The summed E-state index contributed by atoms with van der Waals surface area (Å²) in [6.07, 6.45) is 3.19. The molecule has 8 heteroatoms. The third kappa shape index (κ3) is 5.55. The number of rotatable bonds is 6. The van der Waals surface area contributed by atoms with Gasteiger partial charge in [0.25, 0.3) is 11.8 Å². The summed E-state index contributed by atoms with van der Waals surface area (Å²) in [5.41, 5.74) is 2.35. The highest BCUT2D eigenvalue weighted by Gasteiger charge is 2.24.